The topological polar surface area (TPSA) is 45.5 Å². The standard InChI is InChI=1S/C10H11BrN2O/c1-10(2)5-13-9-7(8(10)14)3-6(11)4-12-9/h3-5,8,14H,1-2H3. The maximum atomic E-state index is 10.1. The van der Waals surface area contributed by atoms with E-state index in [0.717, 1.165) is 10.0 Å². The second kappa shape index (κ2) is 3.14. The molecule has 0 fully saturated rings. The highest BCUT2D eigenvalue weighted by atomic mass is 79.9. The van der Waals surface area contributed by atoms with Gasteiger partial charge in [-0.3, -0.25) is 0 Å². The smallest absolute Gasteiger partial charge is 0.157 e. The molecular formula is C10H11BrN2O. The van der Waals surface area contributed by atoms with E-state index in [-0.39, 0.29) is 5.41 Å². The first-order valence-electron chi connectivity index (χ1n) is 4.39. The van der Waals surface area contributed by atoms with Crippen LogP contribution in [-0.2, 0) is 0 Å². The van der Waals surface area contributed by atoms with Crippen LogP contribution in [0.1, 0.15) is 25.5 Å². The fourth-order valence-corrected chi connectivity index (χ4v) is 1.80. The largest absolute Gasteiger partial charge is 0.387 e. The molecule has 1 aromatic heterocycles. The van der Waals surface area contributed by atoms with Crippen molar-refractivity contribution in [2.75, 3.05) is 0 Å². The molecule has 0 radical (unpaired) electrons. The van der Waals surface area contributed by atoms with Gasteiger partial charge in [0.05, 0.1) is 6.10 Å². The number of rotatable bonds is 0. The molecule has 4 heteroatoms. The van der Waals surface area contributed by atoms with Gasteiger partial charge in [-0.2, -0.15) is 0 Å². The number of fused-ring (bicyclic) bond motifs is 1. The summed E-state index contributed by atoms with van der Waals surface area (Å²) in [4.78, 5) is 8.35. The molecule has 0 saturated heterocycles. The summed E-state index contributed by atoms with van der Waals surface area (Å²) in [5.74, 6) is 0.611. The normalized spacial score (nSPS) is 23.3. The van der Waals surface area contributed by atoms with Gasteiger partial charge in [0, 0.05) is 27.9 Å². The number of aliphatic hydroxyl groups excluding tert-OH is 1. The van der Waals surface area contributed by atoms with Crippen molar-refractivity contribution in [3.05, 3.63) is 22.3 Å². The number of aliphatic imine (C=N–C) groups is 1. The predicted octanol–water partition coefficient (Wildman–Crippen LogP) is 2.62. The van der Waals surface area contributed by atoms with Crippen LogP contribution in [0.5, 0.6) is 0 Å². The van der Waals surface area contributed by atoms with Gasteiger partial charge in [-0.05, 0) is 22.0 Å². The van der Waals surface area contributed by atoms with Crippen LogP contribution in [-0.4, -0.2) is 16.3 Å². The molecule has 74 valence electrons. The fourth-order valence-electron chi connectivity index (χ4n) is 1.46. The van der Waals surface area contributed by atoms with Gasteiger partial charge >= 0.3 is 0 Å². The van der Waals surface area contributed by atoms with E-state index >= 15 is 0 Å². The molecule has 0 spiro atoms. The summed E-state index contributed by atoms with van der Waals surface area (Å²) in [6.07, 6.45) is 2.89. The molecule has 0 bridgehead atoms. The SMILES string of the molecule is CC1(C)C=Nc2ncc(Br)cc2C1O. The van der Waals surface area contributed by atoms with Crippen molar-refractivity contribution in [2.24, 2.45) is 10.4 Å². The van der Waals surface area contributed by atoms with Crippen molar-refractivity contribution in [1.82, 2.24) is 4.98 Å². The highest BCUT2D eigenvalue weighted by Gasteiger charge is 2.32. The summed E-state index contributed by atoms with van der Waals surface area (Å²) < 4.78 is 0.864. The van der Waals surface area contributed by atoms with Crippen LogP contribution in [0.15, 0.2) is 21.7 Å². The van der Waals surface area contributed by atoms with Gasteiger partial charge in [-0.1, -0.05) is 13.8 Å². The van der Waals surface area contributed by atoms with Crippen molar-refractivity contribution < 1.29 is 5.11 Å². The molecule has 0 amide bonds. The number of pyridine rings is 1. The first-order chi connectivity index (χ1) is 6.50. The third-order valence-electron chi connectivity index (χ3n) is 2.38. The van der Waals surface area contributed by atoms with Crippen LogP contribution in [0.3, 0.4) is 0 Å². The Morgan fingerprint density at radius 2 is 2.21 bits per heavy atom. The lowest BCUT2D eigenvalue weighted by Crippen LogP contribution is -2.26. The maximum Gasteiger partial charge on any atom is 0.157 e. The average molecular weight is 255 g/mol. The lowest BCUT2D eigenvalue weighted by molar-refractivity contribution is 0.0950. The molecule has 1 unspecified atom stereocenters. The Morgan fingerprint density at radius 1 is 1.50 bits per heavy atom. The zero-order chi connectivity index (χ0) is 10.3. The fraction of sp³-hybridized carbons (Fsp3) is 0.400. The van der Waals surface area contributed by atoms with Gasteiger partial charge in [-0.15, -0.1) is 0 Å². The Balaban J connectivity index is 2.57. The molecule has 14 heavy (non-hydrogen) atoms. The van der Waals surface area contributed by atoms with Gasteiger partial charge in [0.25, 0.3) is 0 Å². The van der Waals surface area contributed by atoms with E-state index < -0.39 is 6.10 Å². The summed E-state index contributed by atoms with van der Waals surface area (Å²) in [6.45, 7) is 3.90. The van der Waals surface area contributed by atoms with Crippen molar-refractivity contribution in [3.63, 3.8) is 0 Å². The second-order valence-corrected chi connectivity index (χ2v) is 4.96. The highest BCUT2D eigenvalue weighted by Crippen LogP contribution is 2.40. The maximum absolute atomic E-state index is 10.1. The lowest BCUT2D eigenvalue weighted by Gasteiger charge is -2.30. The van der Waals surface area contributed by atoms with Gasteiger partial charge in [-0.25, -0.2) is 9.98 Å². The van der Waals surface area contributed by atoms with Crippen molar-refractivity contribution in [2.45, 2.75) is 20.0 Å². The number of aliphatic hydroxyl groups is 1. The zero-order valence-corrected chi connectivity index (χ0v) is 9.62. The molecule has 0 aromatic carbocycles. The number of hydrogen-bond donors (Lipinski definition) is 1. The molecule has 3 nitrogen and oxygen atoms in total. The molecule has 1 atom stereocenters. The monoisotopic (exact) mass is 254 g/mol. The summed E-state index contributed by atoms with van der Waals surface area (Å²) in [7, 11) is 0. The molecule has 0 saturated carbocycles. The van der Waals surface area contributed by atoms with Gasteiger partial charge in [0.2, 0.25) is 0 Å². The third kappa shape index (κ3) is 1.48. The predicted molar refractivity (Wildman–Crippen MR) is 58.8 cm³/mol. The number of halogens is 1. The van der Waals surface area contributed by atoms with E-state index in [2.05, 4.69) is 25.9 Å². The van der Waals surface area contributed by atoms with Crippen LogP contribution in [0, 0.1) is 5.41 Å². The second-order valence-electron chi connectivity index (χ2n) is 4.05. The van der Waals surface area contributed by atoms with E-state index in [1.165, 1.54) is 0 Å². The Kier molecular flexibility index (Phi) is 2.20. The van der Waals surface area contributed by atoms with Gasteiger partial charge in [0.1, 0.15) is 0 Å². The minimum Gasteiger partial charge on any atom is -0.387 e. The van der Waals surface area contributed by atoms with Gasteiger partial charge < -0.3 is 5.11 Å². The first kappa shape index (κ1) is 9.80. The minimum absolute atomic E-state index is 0.324. The summed E-state index contributed by atoms with van der Waals surface area (Å²) in [5, 5.41) is 10.1. The van der Waals surface area contributed by atoms with Crippen molar-refractivity contribution in [3.8, 4) is 0 Å². The summed E-state index contributed by atoms with van der Waals surface area (Å²) in [6, 6.07) is 1.87. The van der Waals surface area contributed by atoms with Crippen LogP contribution in [0.25, 0.3) is 0 Å². The lowest BCUT2D eigenvalue weighted by atomic mass is 9.82. The Hall–Kier alpha value is -0.740. The molecular weight excluding hydrogens is 244 g/mol. The summed E-state index contributed by atoms with van der Waals surface area (Å²) in [5.41, 5.74) is 0.460. The molecule has 1 aliphatic rings. The van der Waals surface area contributed by atoms with E-state index in [4.69, 9.17) is 0 Å². The van der Waals surface area contributed by atoms with Crippen LogP contribution >= 0.6 is 15.9 Å². The van der Waals surface area contributed by atoms with E-state index in [0.29, 0.717) is 5.82 Å². The van der Waals surface area contributed by atoms with Crippen molar-refractivity contribution >= 4 is 28.0 Å². The zero-order valence-electron chi connectivity index (χ0n) is 8.03. The van der Waals surface area contributed by atoms with Crippen LogP contribution in [0.4, 0.5) is 5.82 Å². The molecule has 2 heterocycles. The van der Waals surface area contributed by atoms with Crippen LogP contribution in [0.2, 0.25) is 0 Å². The number of hydrogen-bond acceptors (Lipinski definition) is 3. The van der Waals surface area contributed by atoms with Crippen LogP contribution < -0.4 is 0 Å². The average Bonchev–Trinajstić information content (AvgIpc) is 2.13. The van der Waals surface area contributed by atoms with E-state index in [1.807, 2.05) is 19.9 Å². The Labute approximate surface area is 91.0 Å². The molecule has 0 aliphatic carbocycles. The number of nitrogens with zero attached hydrogens (tertiary/aromatic N) is 2. The summed E-state index contributed by atoms with van der Waals surface area (Å²) >= 11 is 3.33. The number of aromatic nitrogens is 1. The highest BCUT2D eigenvalue weighted by molar-refractivity contribution is 9.10. The molecule has 1 aromatic rings. The third-order valence-corrected chi connectivity index (χ3v) is 2.81. The Morgan fingerprint density at radius 3 is 2.93 bits per heavy atom. The van der Waals surface area contributed by atoms with E-state index in [1.54, 1.807) is 12.4 Å². The van der Waals surface area contributed by atoms with E-state index in [9.17, 15) is 5.11 Å². The first-order valence-corrected chi connectivity index (χ1v) is 5.19. The molecule has 2 rings (SSSR count). The quantitative estimate of drug-likeness (QED) is 0.774. The van der Waals surface area contributed by atoms with Crippen molar-refractivity contribution in [1.29, 1.82) is 0 Å². The molecule has 1 aliphatic heterocycles. The van der Waals surface area contributed by atoms with Gasteiger partial charge in [0.15, 0.2) is 5.82 Å². The Bertz CT molecular complexity index is 401. The minimum atomic E-state index is -0.542. The molecule has 1 N–H and O–H groups in total.